The minimum absolute atomic E-state index is 0.614. The van der Waals surface area contributed by atoms with Gasteiger partial charge in [-0.1, -0.05) is 5.21 Å². The van der Waals surface area contributed by atoms with Crippen LogP contribution in [0.15, 0.2) is 18.2 Å². The van der Waals surface area contributed by atoms with Gasteiger partial charge in [-0.3, -0.25) is 5.10 Å². The zero-order chi connectivity index (χ0) is 7.68. The van der Waals surface area contributed by atoms with Crippen molar-refractivity contribution >= 4 is 11.0 Å². The first-order valence-electron chi connectivity index (χ1n) is 3.11. The maximum absolute atomic E-state index is 8.53. The first-order chi connectivity index (χ1) is 5.40. The van der Waals surface area contributed by atoms with Gasteiger partial charge in [-0.2, -0.15) is 5.26 Å². The average Bonchev–Trinajstić information content (AvgIpc) is 2.50. The predicted molar refractivity (Wildman–Crippen MR) is 38.6 cm³/mol. The van der Waals surface area contributed by atoms with Gasteiger partial charge in [0.1, 0.15) is 5.52 Å². The van der Waals surface area contributed by atoms with Crippen molar-refractivity contribution in [1.29, 1.82) is 5.26 Å². The Bertz CT molecular complexity index is 423. The summed E-state index contributed by atoms with van der Waals surface area (Å²) in [7, 11) is 0. The van der Waals surface area contributed by atoms with Crippen LogP contribution >= 0.6 is 0 Å². The summed E-state index contributed by atoms with van der Waals surface area (Å²) in [4.78, 5) is 0. The summed E-state index contributed by atoms with van der Waals surface area (Å²) in [6, 6.07) is 7.23. The molecule has 4 nitrogen and oxygen atoms in total. The second kappa shape index (κ2) is 2.06. The third-order valence-corrected chi connectivity index (χ3v) is 1.45. The minimum atomic E-state index is 0.614. The van der Waals surface area contributed by atoms with Gasteiger partial charge < -0.3 is 0 Å². The summed E-state index contributed by atoms with van der Waals surface area (Å²) < 4.78 is 0. The van der Waals surface area contributed by atoms with E-state index in [0.29, 0.717) is 5.56 Å². The Balaban J connectivity index is 2.79. The lowest BCUT2D eigenvalue weighted by Gasteiger charge is -1.85. The van der Waals surface area contributed by atoms with E-state index in [1.165, 1.54) is 0 Å². The van der Waals surface area contributed by atoms with Crippen LogP contribution in [0.25, 0.3) is 11.0 Å². The summed E-state index contributed by atoms with van der Waals surface area (Å²) in [6.07, 6.45) is 0. The number of nitriles is 1. The number of aromatic amines is 1. The molecule has 2 aromatic rings. The number of hydrogen-bond acceptors (Lipinski definition) is 3. The van der Waals surface area contributed by atoms with E-state index >= 15 is 0 Å². The molecule has 1 heterocycles. The molecule has 0 saturated carbocycles. The van der Waals surface area contributed by atoms with Crippen LogP contribution < -0.4 is 0 Å². The number of nitrogens with zero attached hydrogens (tertiary/aromatic N) is 3. The Morgan fingerprint density at radius 3 is 3.18 bits per heavy atom. The number of nitrogens with one attached hydrogen (secondary N) is 1. The fraction of sp³-hybridized carbons (Fsp3) is 0. The lowest BCUT2D eigenvalue weighted by Crippen LogP contribution is -1.73. The minimum Gasteiger partial charge on any atom is -0.257 e. The van der Waals surface area contributed by atoms with E-state index in [9.17, 15) is 0 Å². The highest BCUT2D eigenvalue weighted by Gasteiger charge is 1.96. The molecule has 0 aliphatic rings. The Hall–Kier alpha value is -1.89. The van der Waals surface area contributed by atoms with Crippen molar-refractivity contribution < 1.29 is 0 Å². The molecule has 0 aliphatic carbocycles. The van der Waals surface area contributed by atoms with E-state index in [2.05, 4.69) is 15.4 Å². The zero-order valence-corrected chi connectivity index (χ0v) is 5.57. The molecule has 2 rings (SSSR count). The lowest BCUT2D eigenvalue weighted by atomic mass is 10.2. The van der Waals surface area contributed by atoms with E-state index in [4.69, 9.17) is 5.26 Å². The van der Waals surface area contributed by atoms with Gasteiger partial charge in [-0.05, 0) is 18.2 Å². The van der Waals surface area contributed by atoms with E-state index < -0.39 is 0 Å². The molecular weight excluding hydrogens is 140 g/mol. The van der Waals surface area contributed by atoms with E-state index in [-0.39, 0.29) is 0 Å². The lowest BCUT2D eigenvalue weighted by molar-refractivity contribution is 0.959. The molecule has 52 valence electrons. The molecule has 0 atom stereocenters. The highest BCUT2D eigenvalue weighted by atomic mass is 15.3. The normalized spacial score (nSPS) is 9.73. The third kappa shape index (κ3) is 0.829. The fourth-order valence-electron chi connectivity index (χ4n) is 0.915. The van der Waals surface area contributed by atoms with E-state index in [1.54, 1.807) is 18.2 Å². The van der Waals surface area contributed by atoms with E-state index in [1.807, 2.05) is 6.07 Å². The molecule has 0 unspecified atom stereocenters. The Morgan fingerprint density at radius 2 is 2.36 bits per heavy atom. The summed E-state index contributed by atoms with van der Waals surface area (Å²) in [5.41, 5.74) is 2.19. The Morgan fingerprint density at radius 1 is 1.45 bits per heavy atom. The van der Waals surface area contributed by atoms with Crippen molar-refractivity contribution in [2.45, 2.75) is 0 Å². The first kappa shape index (κ1) is 5.86. The molecule has 0 amide bonds. The number of H-pyrrole nitrogens is 1. The van der Waals surface area contributed by atoms with Gasteiger partial charge in [0.25, 0.3) is 0 Å². The predicted octanol–water partition coefficient (Wildman–Crippen LogP) is 0.830. The monoisotopic (exact) mass is 144 g/mol. The number of rotatable bonds is 0. The molecule has 0 radical (unpaired) electrons. The molecule has 1 N–H and O–H groups in total. The van der Waals surface area contributed by atoms with Gasteiger partial charge in [-0.15, -0.1) is 5.10 Å². The van der Waals surface area contributed by atoms with Crippen molar-refractivity contribution in [3.8, 4) is 6.07 Å². The maximum Gasteiger partial charge on any atom is 0.113 e. The number of fused-ring (bicyclic) bond motifs is 1. The SMILES string of the molecule is N#Cc1ccc2nn[nH]c2c1. The van der Waals surface area contributed by atoms with Crippen molar-refractivity contribution in [2.75, 3.05) is 0 Å². The van der Waals surface area contributed by atoms with Crippen LogP contribution in [0.4, 0.5) is 0 Å². The molecule has 0 saturated heterocycles. The van der Waals surface area contributed by atoms with Gasteiger partial charge in [0.2, 0.25) is 0 Å². The van der Waals surface area contributed by atoms with Crippen LogP contribution in [0.5, 0.6) is 0 Å². The molecule has 11 heavy (non-hydrogen) atoms. The molecule has 0 bridgehead atoms. The van der Waals surface area contributed by atoms with Crippen LogP contribution in [-0.4, -0.2) is 15.4 Å². The second-order valence-corrected chi connectivity index (χ2v) is 2.16. The van der Waals surface area contributed by atoms with Gasteiger partial charge in [0.05, 0.1) is 17.1 Å². The smallest absolute Gasteiger partial charge is 0.113 e. The van der Waals surface area contributed by atoms with E-state index in [0.717, 1.165) is 11.0 Å². The molecule has 1 aromatic heterocycles. The Kier molecular flexibility index (Phi) is 1.10. The number of hydrogen-bond donors (Lipinski definition) is 1. The Labute approximate surface area is 62.5 Å². The largest absolute Gasteiger partial charge is 0.257 e. The summed E-state index contributed by atoms with van der Waals surface area (Å²) in [5, 5.41) is 18.6. The zero-order valence-electron chi connectivity index (χ0n) is 5.57. The number of benzene rings is 1. The third-order valence-electron chi connectivity index (χ3n) is 1.45. The molecular formula is C7H4N4. The van der Waals surface area contributed by atoms with Crippen LogP contribution in [0.1, 0.15) is 5.56 Å². The first-order valence-corrected chi connectivity index (χ1v) is 3.11. The van der Waals surface area contributed by atoms with Crippen LogP contribution in [0, 0.1) is 11.3 Å². The van der Waals surface area contributed by atoms with Crippen molar-refractivity contribution in [1.82, 2.24) is 15.4 Å². The standard InChI is InChI=1S/C7H4N4/c8-4-5-1-2-6-7(3-5)10-11-9-6/h1-3H,(H,9,10,11). The summed E-state index contributed by atoms with van der Waals surface area (Å²) in [6.45, 7) is 0. The molecule has 1 aromatic carbocycles. The van der Waals surface area contributed by atoms with Crippen molar-refractivity contribution in [3.63, 3.8) is 0 Å². The second-order valence-electron chi connectivity index (χ2n) is 2.16. The maximum atomic E-state index is 8.53. The van der Waals surface area contributed by atoms with Crippen LogP contribution in [-0.2, 0) is 0 Å². The highest BCUT2D eigenvalue weighted by Crippen LogP contribution is 2.08. The van der Waals surface area contributed by atoms with Crippen LogP contribution in [0.3, 0.4) is 0 Å². The molecule has 0 aliphatic heterocycles. The topological polar surface area (TPSA) is 65.4 Å². The summed E-state index contributed by atoms with van der Waals surface area (Å²) in [5.74, 6) is 0. The number of aromatic nitrogens is 3. The molecule has 4 heteroatoms. The summed E-state index contributed by atoms with van der Waals surface area (Å²) >= 11 is 0. The van der Waals surface area contributed by atoms with Crippen molar-refractivity contribution in [2.24, 2.45) is 0 Å². The molecule has 0 fully saturated rings. The average molecular weight is 144 g/mol. The van der Waals surface area contributed by atoms with Crippen LogP contribution in [0.2, 0.25) is 0 Å². The van der Waals surface area contributed by atoms with Gasteiger partial charge in [0, 0.05) is 0 Å². The van der Waals surface area contributed by atoms with Gasteiger partial charge >= 0.3 is 0 Å². The fourth-order valence-corrected chi connectivity index (χ4v) is 0.915. The van der Waals surface area contributed by atoms with Gasteiger partial charge in [-0.25, -0.2) is 0 Å². The quantitative estimate of drug-likeness (QED) is 0.595. The van der Waals surface area contributed by atoms with Crippen molar-refractivity contribution in [3.05, 3.63) is 23.8 Å². The molecule has 0 spiro atoms. The highest BCUT2D eigenvalue weighted by molar-refractivity contribution is 5.74. The van der Waals surface area contributed by atoms with Gasteiger partial charge in [0.15, 0.2) is 0 Å².